The van der Waals surface area contributed by atoms with Crippen LogP contribution in [0.15, 0.2) is 0 Å². The van der Waals surface area contributed by atoms with E-state index in [1.807, 2.05) is 0 Å². The number of hydrogen-bond donors (Lipinski definition) is 1. The number of carboxylic acids is 1. The molecule has 11 heavy (non-hydrogen) atoms. The zero-order chi connectivity index (χ0) is 8.48. The van der Waals surface area contributed by atoms with Gasteiger partial charge in [0, 0.05) is 6.42 Å². The summed E-state index contributed by atoms with van der Waals surface area (Å²) in [5.41, 5.74) is 0. The fraction of sp³-hybridized carbons (Fsp3) is 0.833. The molecule has 1 rings (SSSR count). The van der Waals surface area contributed by atoms with Crippen molar-refractivity contribution in [2.45, 2.75) is 12.8 Å². The number of hydrogen-bond acceptors (Lipinski definition) is 3. The summed E-state index contributed by atoms with van der Waals surface area (Å²) in [6, 6.07) is 0. The SMILES string of the molecule is O=C(O)C[C@H]1CCS(=O)(=O)C1. The minimum Gasteiger partial charge on any atom is -0.481 e. The summed E-state index contributed by atoms with van der Waals surface area (Å²) in [6.45, 7) is 0. The summed E-state index contributed by atoms with van der Waals surface area (Å²) in [7, 11) is -2.90. The van der Waals surface area contributed by atoms with E-state index in [2.05, 4.69) is 0 Å². The molecular formula is C6H10O4S. The average molecular weight is 178 g/mol. The second-order valence-electron chi connectivity index (χ2n) is 2.87. The molecule has 4 nitrogen and oxygen atoms in total. The summed E-state index contributed by atoms with van der Waals surface area (Å²) in [5, 5.41) is 8.35. The van der Waals surface area contributed by atoms with Gasteiger partial charge in [-0.1, -0.05) is 0 Å². The molecule has 0 aromatic carbocycles. The Kier molecular flexibility index (Phi) is 2.17. The van der Waals surface area contributed by atoms with Crippen LogP contribution in [-0.2, 0) is 14.6 Å². The van der Waals surface area contributed by atoms with Gasteiger partial charge in [-0.3, -0.25) is 4.79 Å². The molecule has 0 amide bonds. The quantitative estimate of drug-likeness (QED) is 0.640. The first-order chi connectivity index (χ1) is 4.99. The number of carboxylic acid groups (broad SMARTS) is 1. The van der Waals surface area contributed by atoms with Crippen molar-refractivity contribution >= 4 is 15.8 Å². The van der Waals surface area contributed by atoms with Gasteiger partial charge in [0.2, 0.25) is 0 Å². The van der Waals surface area contributed by atoms with E-state index < -0.39 is 15.8 Å². The molecule has 0 aromatic rings. The Bertz CT molecular complexity index is 254. The molecule has 1 aliphatic heterocycles. The van der Waals surface area contributed by atoms with Gasteiger partial charge in [-0.2, -0.15) is 0 Å². The second-order valence-corrected chi connectivity index (χ2v) is 5.10. The standard InChI is InChI=1S/C6H10O4S/c7-6(8)3-5-1-2-11(9,10)4-5/h5H,1-4H2,(H,7,8)/t5-/m1/s1. The third-order valence-electron chi connectivity index (χ3n) is 1.79. The van der Waals surface area contributed by atoms with Crippen molar-refractivity contribution in [3.63, 3.8) is 0 Å². The van der Waals surface area contributed by atoms with E-state index in [1.165, 1.54) is 0 Å². The monoisotopic (exact) mass is 178 g/mol. The first-order valence-corrected chi connectivity index (χ1v) is 5.24. The van der Waals surface area contributed by atoms with Crippen LogP contribution in [0.1, 0.15) is 12.8 Å². The van der Waals surface area contributed by atoms with Crippen molar-refractivity contribution < 1.29 is 18.3 Å². The highest BCUT2D eigenvalue weighted by molar-refractivity contribution is 7.91. The van der Waals surface area contributed by atoms with Crippen LogP contribution < -0.4 is 0 Å². The third-order valence-corrected chi connectivity index (χ3v) is 3.63. The minimum atomic E-state index is -2.90. The van der Waals surface area contributed by atoms with E-state index in [-0.39, 0.29) is 23.8 Å². The fourth-order valence-electron chi connectivity index (χ4n) is 1.28. The van der Waals surface area contributed by atoms with Crippen LogP contribution in [-0.4, -0.2) is 31.0 Å². The molecule has 0 saturated carbocycles. The summed E-state index contributed by atoms with van der Waals surface area (Å²) in [5.74, 6) is -0.853. The molecule has 0 spiro atoms. The fourth-order valence-corrected chi connectivity index (χ4v) is 3.14. The van der Waals surface area contributed by atoms with Crippen LogP contribution in [0.2, 0.25) is 0 Å². The van der Waals surface area contributed by atoms with Crippen molar-refractivity contribution in [1.29, 1.82) is 0 Å². The van der Waals surface area contributed by atoms with E-state index in [4.69, 9.17) is 5.11 Å². The second kappa shape index (κ2) is 2.81. The Balaban J connectivity index is 2.49. The molecule has 0 bridgehead atoms. The normalized spacial score (nSPS) is 28.5. The van der Waals surface area contributed by atoms with Gasteiger partial charge >= 0.3 is 5.97 Å². The van der Waals surface area contributed by atoms with Crippen molar-refractivity contribution in [1.82, 2.24) is 0 Å². The molecule has 0 aliphatic carbocycles. The molecule has 1 atom stereocenters. The van der Waals surface area contributed by atoms with Gasteiger partial charge in [-0.05, 0) is 12.3 Å². The molecule has 1 N–H and O–H groups in total. The van der Waals surface area contributed by atoms with Crippen LogP contribution in [0.25, 0.3) is 0 Å². The van der Waals surface area contributed by atoms with Crippen molar-refractivity contribution in [2.24, 2.45) is 5.92 Å². The van der Waals surface area contributed by atoms with Gasteiger partial charge in [-0.15, -0.1) is 0 Å². The molecule has 1 aliphatic rings. The first kappa shape index (κ1) is 8.52. The lowest BCUT2D eigenvalue weighted by Crippen LogP contribution is -2.09. The molecule has 0 radical (unpaired) electrons. The zero-order valence-corrected chi connectivity index (χ0v) is 6.80. The number of sulfone groups is 1. The highest BCUT2D eigenvalue weighted by atomic mass is 32.2. The average Bonchev–Trinajstić information content (AvgIpc) is 2.08. The van der Waals surface area contributed by atoms with Crippen LogP contribution in [0.4, 0.5) is 0 Å². The molecule has 5 heteroatoms. The Hall–Kier alpha value is -0.580. The van der Waals surface area contributed by atoms with E-state index in [1.54, 1.807) is 0 Å². The Morgan fingerprint density at radius 3 is 2.55 bits per heavy atom. The third kappa shape index (κ3) is 2.49. The molecule has 64 valence electrons. The summed E-state index contributed by atoms with van der Waals surface area (Å²) < 4.78 is 21.7. The van der Waals surface area contributed by atoms with Crippen molar-refractivity contribution in [3.8, 4) is 0 Å². The molecular weight excluding hydrogens is 168 g/mol. The molecule has 1 saturated heterocycles. The highest BCUT2D eigenvalue weighted by Crippen LogP contribution is 2.20. The lowest BCUT2D eigenvalue weighted by atomic mass is 10.1. The molecule has 0 unspecified atom stereocenters. The van der Waals surface area contributed by atoms with Crippen LogP contribution >= 0.6 is 0 Å². The van der Waals surface area contributed by atoms with Crippen LogP contribution in [0, 0.1) is 5.92 Å². The first-order valence-electron chi connectivity index (χ1n) is 3.42. The maximum atomic E-state index is 10.8. The van der Waals surface area contributed by atoms with E-state index in [9.17, 15) is 13.2 Å². The van der Waals surface area contributed by atoms with Gasteiger partial charge in [0.15, 0.2) is 9.84 Å². The summed E-state index contributed by atoms with van der Waals surface area (Å²) in [4.78, 5) is 10.2. The van der Waals surface area contributed by atoms with Gasteiger partial charge in [-0.25, -0.2) is 8.42 Å². The number of rotatable bonds is 2. The number of aliphatic carboxylic acids is 1. The van der Waals surface area contributed by atoms with Crippen molar-refractivity contribution in [2.75, 3.05) is 11.5 Å². The lowest BCUT2D eigenvalue weighted by Gasteiger charge is -2.00. The molecule has 1 heterocycles. The Labute approximate surface area is 65.1 Å². The van der Waals surface area contributed by atoms with E-state index >= 15 is 0 Å². The maximum absolute atomic E-state index is 10.8. The van der Waals surface area contributed by atoms with Crippen molar-refractivity contribution in [3.05, 3.63) is 0 Å². The largest absolute Gasteiger partial charge is 0.481 e. The predicted octanol–water partition coefficient (Wildman–Crippen LogP) is -0.104. The number of carbonyl (C=O) groups is 1. The minimum absolute atomic E-state index is 0.0147. The van der Waals surface area contributed by atoms with Gasteiger partial charge in [0.05, 0.1) is 11.5 Å². The van der Waals surface area contributed by atoms with Crippen LogP contribution in [0.5, 0.6) is 0 Å². The van der Waals surface area contributed by atoms with Gasteiger partial charge in [0.25, 0.3) is 0 Å². The predicted molar refractivity (Wildman–Crippen MR) is 39.0 cm³/mol. The van der Waals surface area contributed by atoms with Gasteiger partial charge in [0.1, 0.15) is 0 Å². The Morgan fingerprint density at radius 2 is 2.18 bits per heavy atom. The Morgan fingerprint density at radius 1 is 1.55 bits per heavy atom. The summed E-state index contributed by atoms with van der Waals surface area (Å²) >= 11 is 0. The molecule has 1 fully saturated rings. The maximum Gasteiger partial charge on any atom is 0.303 e. The van der Waals surface area contributed by atoms with E-state index in [0.29, 0.717) is 6.42 Å². The topological polar surface area (TPSA) is 71.4 Å². The molecule has 0 aromatic heterocycles. The van der Waals surface area contributed by atoms with Gasteiger partial charge < -0.3 is 5.11 Å². The van der Waals surface area contributed by atoms with Crippen LogP contribution in [0.3, 0.4) is 0 Å². The lowest BCUT2D eigenvalue weighted by molar-refractivity contribution is -0.137. The van der Waals surface area contributed by atoms with E-state index in [0.717, 1.165) is 0 Å². The smallest absolute Gasteiger partial charge is 0.303 e. The zero-order valence-electron chi connectivity index (χ0n) is 5.99. The summed E-state index contributed by atoms with van der Waals surface area (Å²) in [6.07, 6.45) is 0.494. The highest BCUT2D eigenvalue weighted by Gasteiger charge is 2.29.